The molecule has 1 saturated heterocycles. The monoisotopic (exact) mass is 440 g/mol. The number of carbonyl (C=O) groups is 3. The van der Waals surface area contributed by atoms with Gasteiger partial charge in [0, 0.05) is 37.7 Å². The topological polar surface area (TPSA) is 94.7 Å². The fourth-order valence-electron chi connectivity index (χ4n) is 5.02. The van der Waals surface area contributed by atoms with Crippen molar-refractivity contribution in [2.24, 2.45) is 5.92 Å². The number of urea groups is 1. The maximum atomic E-state index is 13.9. The number of para-hydroxylation sites is 1. The highest BCUT2D eigenvalue weighted by molar-refractivity contribution is 6.11. The number of ether oxygens (including phenoxy) is 1. The van der Waals surface area contributed by atoms with Gasteiger partial charge in [-0.15, -0.1) is 0 Å². The zero-order chi connectivity index (χ0) is 23.0. The zero-order valence-electron chi connectivity index (χ0n) is 19.2. The Morgan fingerprint density at radius 1 is 1.28 bits per heavy atom. The molecule has 2 aliphatic rings. The van der Waals surface area contributed by atoms with Gasteiger partial charge in [-0.1, -0.05) is 32.0 Å². The van der Waals surface area contributed by atoms with Crippen LogP contribution in [0.5, 0.6) is 0 Å². The Morgan fingerprint density at radius 2 is 2.03 bits per heavy atom. The Hall–Kier alpha value is -2.87. The van der Waals surface area contributed by atoms with E-state index in [4.69, 9.17) is 4.74 Å². The standard InChI is InChI=1S/C24H32N4O4/c1-15(2)14-19(21(29)25-11-7-13-32-4)28-22(30)24(3)20-17(10-12-27(24)23(28)31)16-8-5-6-9-18(16)26-20/h5-6,8-9,15,19,26H,7,10-14H2,1-4H3,(H,25,29)/t19-,24-/m0/s1. The van der Waals surface area contributed by atoms with Crippen LogP contribution in [-0.2, 0) is 26.3 Å². The zero-order valence-corrected chi connectivity index (χ0v) is 19.2. The molecule has 0 saturated carbocycles. The second kappa shape index (κ2) is 8.58. The number of fused-ring (bicyclic) bond motifs is 5. The third-order valence-electron chi connectivity index (χ3n) is 6.63. The van der Waals surface area contributed by atoms with E-state index in [1.807, 2.05) is 38.1 Å². The predicted molar refractivity (Wildman–Crippen MR) is 121 cm³/mol. The quantitative estimate of drug-likeness (QED) is 0.487. The number of imide groups is 1. The van der Waals surface area contributed by atoms with Crippen LogP contribution in [0.15, 0.2) is 24.3 Å². The van der Waals surface area contributed by atoms with Gasteiger partial charge < -0.3 is 19.9 Å². The van der Waals surface area contributed by atoms with Crippen molar-refractivity contribution in [2.75, 3.05) is 26.8 Å². The molecular formula is C24H32N4O4. The van der Waals surface area contributed by atoms with E-state index >= 15 is 0 Å². The van der Waals surface area contributed by atoms with Crippen molar-refractivity contribution in [3.63, 3.8) is 0 Å². The Morgan fingerprint density at radius 3 is 2.75 bits per heavy atom. The van der Waals surface area contributed by atoms with E-state index in [2.05, 4.69) is 10.3 Å². The molecule has 4 amide bonds. The molecule has 1 fully saturated rings. The summed E-state index contributed by atoms with van der Waals surface area (Å²) in [5.74, 6) is -0.496. The van der Waals surface area contributed by atoms with E-state index in [-0.39, 0.29) is 23.8 Å². The van der Waals surface area contributed by atoms with E-state index in [0.29, 0.717) is 39.0 Å². The number of hydrogen-bond donors (Lipinski definition) is 2. The Labute approximate surface area is 188 Å². The molecular weight excluding hydrogens is 408 g/mol. The highest BCUT2D eigenvalue weighted by Gasteiger charge is 2.60. The molecule has 32 heavy (non-hydrogen) atoms. The molecule has 172 valence electrons. The van der Waals surface area contributed by atoms with Crippen LogP contribution in [0.25, 0.3) is 10.9 Å². The molecule has 0 spiro atoms. The molecule has 0 bridgehead atoms. The van der Waals surface area contributed by atoms with Crippen molar-refractivity contribution in [3.8, 4) is 0 Å². The molecule has 4 rings (SSSR count). The lowest BCUT2D eigenvalue weighted by Gasteiger charge is -2.36. The number of hydrogen-bond acceptors (Lipinski definition) is 4. The van der Waals surface area contributed by atoms with Gasteiger partial charge in [-0.3, -0.25) is 9.59 Å². The number of benzene rings is 1. The van der Waals surface area contributed by atoms with Gasteiger partial charge in [0.05, 0.1) is 5.69 Å². The summed E-state index contributed by atoms with van der Waals surface area (Å²) in [7, 11) is 1.61. The van der Waals surface area contributed by atoms with Crippen LogP contribution in [0, 0.1) is 5.92 Å². The van der Waals surface area contributed by atoms with Crippen LogP contribution in [-0.4, -0.2) is 65.5 Å². The van der Waals surface area contributed by atoms with Gasteiger partial charge in [0.15, 0.2) is 5.54 Å². The average Bonchev–Trinajstić information content (AvgIpc) is 3.24. The lowest BCUT2D eigenvalue weighted by atomic mass is 9.87. The fraction of sp³-hybridized carbons (Fsp3) is 0.542. The lowest BCUT2D eigenvalue weighted by molar-refractivity contribution is -0.140. The summed E-state index contributed by atoms with van der Waals surface area (Å²) < 4.78 is 5.04. The first-order valence-electron chi connectivity index (χ1n) is 11.3. The number of nitrogens with one attached hydrogen (secondary N) is 2. The Balaban J connectivity index is 1.69. The second-order valence-corrected chi connectivity index (χ2v) is 9.24. The van der Waals surface area contributed by atoms with Gasteiger partial charge in [-0.2, -0.15) is 0 Å². The molecule has 3 heterocycles. The van der Waals surface area contributed by atoms with Crippen molar-refractivity contribution in [1.82, 2.24) is 20.1 Å². The van der Waals surface area contributed by atoms with Gasteiger partial charge in [0.25, 0.3) is 5.91 Å². The number of H-pyrrole nitrogens is 1. The molecule has 1 aromatic carbocycles. The van der Waals surface area contributed by atoms with Crippen LogP contribution in [0.2, 0.25) is 0 Å². The van der Waals surface area contributed by atoms with Crippen LogP contribution in [0.1, 0.15) is 44.9 Å². The van der Waals surface area contributed by atoms with Crippen molar-refractivity contribution >= 4 is 28.7 Å². The minimum absolute atomic E-state index is 0.138. The highest BCUT2D eigenvalue weighted by Crippen LogP contribution is 2.44. The van der Waals surface area contributed by atoms with Crippen molar-refractivity contribution < 1.29 is 19.1 Å². The summed E-state index contributed by atoms with van der Waals surface area (Å²) in [6.45, 7) is 7.18. The largest absolute Gasteiger partial charge is 0.385 e. The van der Waals surface area contributed by atoms with Crippen LogP contribution in [0.4, 0.5) is 4.79 Å². The third-order valence-corrected chi connectivity index (χ3v) is 6.63. The Kier molecular flexibility index (Phi) is 5.99. The normalized spacial score (nSPS) is 21.3. The Bertz CT molecular complexity index is 1050. The van der Waals surface area contributed by atoms with Gasteiger partial charge in [0.1, 0.15) is 6.04 Å². The summed E-state index contributed by atoms with van der Waals surface area (Å²) >= 11 is 0. The summed E-state index contributed by atoms with van der Waals surface area (Å²) in [5, 5.41) is 3.96. The van der Waals surface area contributed by atoms with E-state index in [1.54, 1.807) is 18.9 Å². The van der Waals surface area contributed by atoms with Crippen LogP contribution < -0.4 is 5.32 Å². The van der Waals surface area contributed by atoms with Crippen LogP contribution in [0.3, 0.4) is 0 Å². The second-order valence-electron chi connectivity index (χ2n) is 9.24. The highest BCUT2D eigenvalue weighted by atomic mass is 16.5. The predicted octanol–water partition coefficient (Wildman–Crippen LogP) is 2.77. The molecule has 8 heteroatoms. The number of aromatic amines is 1. The van der Waals surface area contributed by atoms with Crippen molar-refractivity contribution in [3.05, 3.63) is 35.5 Å². The summed E-state index contributed by atoms with van der Waals surface area (Å²) in [4.78, 5) is 46.7. The number of carbonyl (C=O) groups excluding carboxylic acids is 3. The van der Waals surface area contributed by atoms with E-state index < -0.39 is 11.6 Å². The lowest BCUT2D eigenvalue weighted by Crippen LogP contribution is -2.51. The summed E-state index contributed by atoms with van der Waals surface area (Å²) in [6, 6.07) is 6.72. The molecule has 8 nitrogen and oxygen atoms in total. The molecule has 2 N–H and O–H groups in total. The SMILES string of the molecule is COCCCNC(=O)[C@H](CC(C)C)N1C(=O)N2CCc3c([nH]c4ccccc34)[C@@]2(C)C1=O. The van der Waals surface area contributed by atoms with E-state index in [1.165, 1.54) is 4.90 Å². The molecule has 0 aliphatic carbocycles. The van der Waals surface area contributed by atoms with Crippen molar-refractivity contribution in [2.45, 2.75) is 51.6 Å². The molecule has 0 unspecified atom stereocenters. The molecule has 2 aromatic rings. The number of rotatable bonds is 8. The first kappa shape index (κ1) is 22.3. The van der Waals surface area contributed by atoms with Crippen LogP contribution >= 0.6 is 0 Å². The van der Waals surface area contributed by atoms with Crippen molar-refractivity contribution in [1.29, 1.82) is 0 Å². The number of nitrogens with zero attached hydrogens (tertiary/aromatic N) is 2. The molecule has 1 aromatic heterocycles. The average molecular weight is 441 g/mol. The first-order chi connectivity index (χ1) is 15.3. The van der Waals surface area contributed by atoms with E-state index in [0.717, 1.165) is 22.2 Å². The maximum absolute atomic E-state index is 13.9. The van der Waals surface area contributed by atoms with E-state index in [9.17, 15) is 14.4 Å². The molecule has 2 atom stereocenters. The third kappa shape index (κ3) is 3.46. The fourth-order valence-corrected chi connectivity index (χ4v) is 5.02. The molecule has 0 radical (unpaired) electrons. The smallest absolute Gasteiger partial charge is 0.328 e. The van der Waals surface area contributed by atoms with Gasteiger partial charge in [-0.05, 0) is 43.7 Å². The number of amides is 4. The number of methoxy groups -OCH3 is 1. The molecule has 2 aliphatic heterocycles. The maximum Gasteiger partial charge on any atom is 0.328 e. The summed E-state index contributed by atoms with van der Waals surface area (Å²) in [6.07, 6.45) is 1.75. The minimum atomic E-state index is -1.14. The first-order valence-corrected chi connectivity index (χ1v) is 11.3. The summed E-state index contributed by atoms with van der Waals surface area (Å²) in [5.41, 5.74) is 1.64. The van der Waals surface area contributed by atoms with Gasteiger partial charge in [0.2, 0.25) is 5.91 Å². The van der Waals surface area contributed by atoms with Gasteiger partial charge in [-0.25, -0.2) is 9.69 Å². The minimum Gasteiger partial charge on any atom is -0.385 e. The number of aromatic nitrogens is 1. The van der Waals surface area contributed by atoms with Gasteiger partial charge >= 0.3 is 6.03 Å².